The van der Waals surface area contributed by atoms with Gasteiger partial charge in [-0.3, -0.25) is 9.59 Å². The standard InChI is InChI=1S/C12H23NO3.CH4/c1-12(2,3)7-4-8-13-11(16)6-5-10(15)9-14;/h14H,4-9H2,1-3H3,(H,13,16);1H4. The summed E-state index contributed by atoms with van der Waals surface area (Å²) in [6.45, 7) is 6.67. The second-order valence-corrected chi connectivity index (χ2v) is 5.21. The van der Waals surface area contributed by atoms with Crippen LogP contribution < -0.4 is 5.32 Å². The van der Waals surface area contributed by atoms with Gasteiger partial charge in [0.05, 0.1) is 0 Å². The van der Waals surface area contributed by atoms with Crippen molar-refractivity contribution in [3.8, 4) is 0 Å². The minimum Gasteiger partial charge on any atom is -0.389 e. The van der Waals surface area contributed by atoms with Crippen LogP contribution in [-0.2, 0) is 9.59 Å². The first-order valence-corrected chi connectivity index (χ1v) is 5.74. The van der Waals surface area contributed by atoms with Crippen LogP contribution in [0.25, 0.3) is 0 Å². The van der Waals surface area contributed by atoms with Crippen molar-refractivity contribution in [2.75, 3.05) is 13.2 Å². The Morgan fingerprint density at radius 2 is 1.76 bits per heavy atom. The molecule has 0 aromatic carbocycles. The van der Waals surface area contributed by atoms with Gasteiger partial charge in [0.2, 0.25) is 5.91 Å². The number of nitrogens with one attached hydrogen (secondary N) is 1. The highest BCUT2D eigenvalue weighted by atomic mass is 16.3. The van der Waals surface area contributed by atoms with Crippen LogP contribution in [0.15, 0.2) is 0 Å². The molecule has 1 amide bonds. The third-order valence-electron chi connectivity index (χ3n) is 2.23. The zero-order valence-electron chi connectivity index (χ0n) is 10.5. The van der Waals surface area contributed by atoms with E-state index in [1.165, 1.54) is 0 Å². The molecule has 4 heteroatoms. The number of hydrogen-bond acceptors (Lipinski definition) is 3. The van der Waals surface area contributed by atoms with Crippen LogP contribution in [0.4, 0.5) is 0 Å². The summed E-state index contributed by atoms with van der Waals surface area (Å²) in [5, 5.41) is 11.2. The van der Waals surface area contributed by atoms with Crippen LogP contribution in [-0.4, -0.2) is 29.9 Å². The summed E-state index contributed by atoms with van der Waals surface area (Å²) in [6.07, 6.45) is 2.31. The monoisotopic (exact) mass is 245 g/mol. The number of carbonyl (C=O) groups excluding carboxylic acids is 2. The molecule has 0 heterocycles. The molecule has 0 spiro atoms. The maximum atomic E-state index is 11.2. The van der Waals surface area contributed by atoms with Crippen LogP contribution >= 0.6 is 0 Å². The zero-order chi connectivity index (χ0) is 12.6. The highest BCUT2D eigenvalue weighted by Crippen LogP contribution is 2.19. The van der Waals surface area contributed by atoms with Crippen molar-refractivity contribution < 1.29 is 14.7 Å². The lowest BCUT2D eigenvalue weighted by atomic mass is 9.91. The Morgan fingerprint density at radius 1 is 1.18 bits per heavy atom. The van der Waals surface area contributed by atoms with Crippen LogP contribution in [0.1, 0.15) is 53.9 Å². The Morgan fingerprint density at radius 3 is 2.24 bits per heavy atom. The molecular formula is C13H27NO3. The van der Waals surface area contributed by atoms with Gasteiger partial charge < -0.3 is 10.4 Å². The van der Waals surface area contributed by atoms with Crippen molar-refractivity contribution in [1.29, 1.82) is 0 Å². The quantitative estimate of drug-likeness (QED) is 0.673. The molecule has 4 nitrogen and oxygen atoms in total. The summed E-state index contributed by atoms with van der Waals surface area (Å²) in [5.41, 5.74) is 0.289. The van der Waals surface area contributed by atoms with E-state index in [1.54, 1.807) is 0 Å². The van der Waals surface area contributed by atoms with E-state index in [4.69, 9.17) is 5.11 Å². The smallest absolute Gasteiger partial charge is 0.220 e. The molecule has 17 heavy (non-hydrogen) atoms. The molecule has 102 valence electrons. The van der Waals surface area contributed by atoms with Gasteiger partial charge in [-0.2, -0.15) is 0 Å². The molecular weight excluding hydrogens is 218 g/mol. The van der Waals surface area contributed by atoms with Gasteiger partial charge in [0.15, 0.2) is 5.78 Å². The van der Waals surface area contributed by atoms with Gasteiger partial charge in [-0.25, -0.2) is 0 Å². The fraction of sp³-hybridized carbons (Fsp3) is 0.846. The Bertz CT molecular complexity index is 231. The van der Waals surface area contributed by atoms with Gasteiger partial charge in [0.25, 0.3) is 0 Å². The van der Waals surface area contributed by atoms with Gasteiger partial charge in [0.1, 0.15) is 6.61 Å². The number of Topliss-reactive ketones (excluding diaryl/α,β-unsaturated/α-hetero) is 1. The fourth-order valence-electron chi connectivity index (χ4n) is 1.27. The number of carbonyl (C=O) groups is 2. The van der Waals surface area contributed by atoms with Crippen molar-refractivity contribution in [1.82, 2.24) is 5.32 Å². The maximum absolute atomic E-state index is 11.2. The lowest BCUT2D eigenvalue weighted by Crippen LogP contribution is -2.25. The van der Waals surface area contributed by atoms with Crippen LogP contribution in [0.2, 0.25) is 0 Å². The molecule has 0 rings (SSSR count). The van der Waals surface area contributed by atoms with Crippen molar-refractivity contribution in [3.05, 3.63) is 0 Å². The van der Waals surface area contributed by atoms with Crippen molar-refractivity contribution >= 4 is 11.7 Å². The molecule has 0 bridgehead atoms. The number of ketones is 1. The molecule has 0 aliphatic rings. The van der Waals surface area contributed by atoms with E-state index in [0.29, 0.717) is 6.54 Å². The lowest BCUT2D eigenvalue weighted by molar-refractivity contribution is -0.126. The van der Waals surface area contributed by atoms with E-state index >= 15 is 0 Å². The fourth-order valence-corrected chi connectivity index (χ4v) is 1.27. The van der Waals surface area contributed by atoms with E-state index in [2.05, 4.69) is 26.1 Å². The van der Waals surface area contributed by atoms with Crippen LogP contribution in [0.3, 0.4) is 0 Å². The topological polar surface area (TPSA) is 66.4 Å². The van der Waals surface area contributed by atoms with E-state index in [-0.39, 0.29) is 37.4 Å². The molecule has 0 unspecified atom stereocenters. The van der Waals surface area contributed by atoms with Crippen molar-refractivity contribution in [3.63, 3.8) is 0 Å². The van der Waals surface area contributed by atoms with Crippen molar-refractivity contribution in [2.24, 2.45) is 5.41 Å². The predicted molar refractivity (Wildman–Crippen MR) is 69.8 cm³/mol. The van der Waals surface area contributed by atoms with E-state index in [0.717, 1.165) is 12.8 Å². The molecule has 0 aromatic heterocycles. The maximum Gasteiger partial charge on any atom is 0.220 e. The van der Waals surface area contributed by atoms with E-state index < -0.39 is 6.61 Å². The average molecular weight is 245 g/mol. The molecule has 0 aliphatic carbocycles. The van der Waals surface area contributed by atoms with Crippen LogP contribution in [0.5, 0.6) is 0 Å². The van der Waals surface area contributed by atoms with E-state index in [9.17, 15) is 9.59 Å². The van der Waals surface area contributed by atoms with Crippen LogP contribution in [0, 0.1) is 5.41 Å². The predicted octanol–water partition coefficient (Wildman–Crippen LogP) is 1.91. The second kappa shape index (κ2) is 9.16. The first kappa shape index (κ1) is 18.5. The highest BCUT2D eigenvalue weighted by Gasteiger charge is 2.10. The number of rotatable bonds is 7. The molecule has 0 fully saturated rings. The zero-order valence-corrected chi connectivity index (χ0v) is 10.5. The normalized spacial score (nSPS) is 10.6. The van der Waals surface area contributed by atoms with Gasteiger partial charge in [-0.05, 0) is 18.3 Å². The summed E-state index contributed by atoms with van der Waals surface area (Å²) in [7, 11) is 0. The van der Waals surface area contributed by atoms with Gasteiger partial charge >= 0.3 is 0 Å². The minimum atomic E-state index is -0.475. The van der Waals surface area contributed by atoms with Gasteiger partial charge in [-0.1, -0.05) is 28.2 Å². The molecule has 2 N–H and O–H groups in total. The Kier molecular flexibility index (Phi) is 9.95. The number of aliphatic hydroxyl groups excluding tert-OH is 1. The van der Waals surface area contributed by atoms with Gasteiger partial charge in [-0.15, -0.1) is 0 Å². The van der Waals surface area contributed by atoms with E-state index in [1.807, 2.05) is 0 Å². The van der Waals surface area contributed by atoms with Crippen molar-refractivity contribution in [2.45, 2.75) is 53.9 Å². The third-order valence-corrected chi connectivity index (χ3v) is 2.23. The lowest BCUT2D eigenvalue weighted by Gasteiger charge is -2.17. The SMILES string of the molecule is C.CC(C)(C)CCCNC(=O)CCC(=O)CO. The molecule has 0 saturated heterocycles. The Balaban J connectivity index is 0. The largest absolute Gasteiger partial charge is 0.389 e. The van der Waals surface area contributed by atoms with Gasteiger partial charge in [0, 0.05) is 19.4 Å². The Hall–Kier alpha value is -0.900. The summed E-state index contributed by atoms with van der Waals surface area (Å²) in [4.78, 5) is 22.0. The third kappa shape index (κ3) is 13.0. The molecule has 0 aromatic rings. The molecule has 0 atom stereocenters. The first-order chi connectivity index (χ1) is 7.35. The number of aliphatic hydroxyl groups is 1. The highest BCUT2D eigenvalue weighted by molar-refractivity contribution is 5.85. The Labute approximate surface area is 105 Å². The summed E-state index contributed by atoms with van der Waals surface area (Å²) in [5.74, 6) is -0.402. The number of hydrogen-bond donors (Lipinski definition) is 2. The summed E-state index contributed by atoms with van der Waals surface area (Å²) < 4.78 is 0. The summed E-state index contributed by atoms with van der Waals surface area (Å²) in [6, 6.07) is 0. The molecule has 0 aliphatic heterocycles. The number of amides is 1. The molecule has 0 radical (unpaired) electrons. The second-order valence-electron chi connectivity index (χ2n) is 5.21. The first-order valence-electron chi connectivity index (χ1n) is 5.74. The molecule has 0 saturated carbocycles. The summed E-state index contributed by atoms with van der Waals surface area (Å²) >= 11 is 0. The minimum absolute atomic E-state index is 0. The average Bonchev–Trinajstić information content (AvgIpc) is 2.19.